The van der Waals surface area contributed by atoms with Crippen molar-refractivity contribution in [2.75, 3.05) is 0 Å². The Hall–Kier alpha value is -1.27. The summed E-state index contributed by atoms with van der Waals surface area (Å²) in [6, 6.07) is 5.80. The van der Waals surface area contributed by atoms with Gasteiger partial charge in [-0.25, -0.2) is 0 Å². The Bertz CT molecular complexity index is 301. The maximum Gasteiger partial charge on any atom is 0.573 e. The minimum Gasteiger partial charge on any atom is -0.405 e. The quantitative estimate of drug-likeness (QED) is 0.582. The number of nitrogens with two attached hydrogens (primary N) is 1. The highest BCUT2D eigenvalue weighted by Crippen LogP contribution is 2.25. The molecule has 0 saturated heterocycles. The predicted molar refractivity (Wildman–Crippen MR) is 44.2 cm³/mol. The molecule has 0 fully saturated rings. The normalized spacial score (nSPS) is 11.4. The van der Waals surface area contributed by atoms with Crippen LogP contribution in [0.15, 0.2) is 24.3 Å². The Morgan fingerprint density at radius 3 is 2.50 bits per heavy atom. The van der Waals surface area contributed by atoms with Crippen molar-refractivity contribution >= 4 is 0 Å². The monoisotopic (exact) mass is 206 g/mol. The first-order valence-corrected chi connectivity index (χ1v) is 3.80. The van der Waals surface area contributed by atoms with E-state index in [0.717, 1.165) is 0 Å². The van der Waals surface area contributed by atoms with Gasteiger partial charge in [0.05, 0.1) is 0 Å². The summed E-state index contributed by atoms with van der Waals surface area (Å²) in [6.07, 6.45) is -4.68. The second-order valence-corrected chi connectivity index (χ2v) is 2.54. The van der Waals surface area contributed by atoms with Gasteiger partial charge in [0.25, 0.3) is 0 Å². The Kier molecular flexibility index (Phi) is 3.32. The number of ether oxygens (including phenoxy) is 1. The highest BCUT2D eigenvalue weighted by Gasteiger charge is 2.31. The Labute approximate surface area is 78.6 Å². The summed E-state index contributed by atoms with van der Waals surface area (Å²) in [4.78, 5) is 0. The summed E-state index contributed by atoms with van der Waals surface area (Å²) < 4.78 is 39.5. The minimum atomic E-state index is -4.68. The van der Waals surface area contributed by atoms with Crippen molar-refractivity contribution in [1.29, 1.82) is 0 Å². The van der Waals surface area contributed by atoms with E-state index >= 15 is 0 Å². The number of benzene rings is 1. The smallest absolute Gasteiger partial charge is 0.405 e. The SMILES string of the molecule is NNCc1ccccc1OC(F)(F)F. The van der Waals surface area contributed by atoms with Gasteiger partial charge in [0.15, 0.2) is 0 Å². The highest BCUT2D eigenvalue weighted by molar-refractivity contribution is 5.33. The fraction of sp³-hybridized carbons (Fsp3) is 0.250. The van der Waals surface area contributed by atoms with Crippen molar-refractivity contribution in [1.82, 2.24) is 5.43 Å². The molecule has 6 heteroatoms. The molecule has 3 nitrogen and oxygen atoms in total. The lowest BCUT2D eigenvalue weighted by Crippen LogP contribution is -2.23. The molecule has 1 aromatic rings. The molecule has 0 unspecified atom stereocenters. The van der Waals surface area contributed by atoms with Crippen LogP contribution in [0.1, 0.15) is 5.56 Å². The summed E-state index contributed by atoms with van der Waals surface area (Å²) >= 11 is 0. The van der Waals surface area contributed by atoms with Crippen LogP contribution in [-0.2, 0) is 6.54 Å². The van der Waals surface area contributed by atoms with Gasteiger partial charge in [-0.3, -0.25) is 11.3 Å². The molecule has 0 heterocycles. The molecule has 14 heavy (non-hydrogen) atoms. The molecular formula is C8H9F3N2O. The van der Waals surface area contributed by atoms with Crippen LogP contribution in [0.3, 0.4) is 0 Å². The number of rotatable bonds is 3. The van der Waals surface area contributed by atoms with Crippen LogP contribution < -0.4 is 16.0 Å². The fourth-order valence-corrected chi connectivity index (χ4v) is 0.984. The van der Waals surface area contributed by atoms with E-state index < -0.39 is 6.36 Å². The minimum absolute atomic E-state index is 0.117. The van der Waals surface area contributed by atoms with Gasteiger partial charge in [-0.1, -0.05) is 18.2 Å². The molecule has 0 saturated carbocycles. The molecule has 0 bridgehead atoms. The largest absolute Gasteiger partial charge is 0.573 e. The average molecular weight is 206 g/mol. The Balaban J connectivity index is 2.84. The van der Waals surface area contributed by atoms with Crippen LogP contribution in [0, 0.1) is 0 Å². The van der Waals surface area contributed by atoms with Gasteiger partial charge < -0.3 is 4.74 Å². The Morgan fingerprint density at radius 1 is 1.29 bits per heavy atom. The lowest BCUT2D eigenvalue weighted by atomic mass is 10.2. The molecule has 0 aliphatic rings. The van der Waals surface area contributed by atoms with E-state index in [2.05, 4.69) is 10.2 Å². The van der Waals surface area contributed by atoms with E-state index in [4.69, 9.17) is 5.84 Å². The number of hydrogen-bond acceptors (Lipinski definition) is 3. The molecule has 1 rings (SSSR count). The van der Waals surface area contributed by atoms with Crippen LogP contribution in [0.4, 0.5) is 13.2 Å². The summed E-state index contributed by atoms with van der Waals surface area (Å²) in [5.74, 6) is 4.77. The molecule has 78 valence electrons. The molecule has 0 aliphatic carbocycles. The molecule has 0 radical (unpaired) electrons. The number of alkyl halides is 3. The van der Waals surface area contributed by atoms with Crippen molar-refractivity contribution in [3.05, 3.63) is 29.8 Å². The summed E-state index contributed by atoms with van der Waals surface area (Å²) in [7, 11) is 0. The average Bonchev–Trinajstić information content (AvgIpc) is 2.06. The second-order valence-electron chi connectivity index (χ2n) is 2.54. The zero-order valence-electron chi connectivity index (χ0n) is 7.14. The first-order valence-electron chi connectivity index (χ1n) is 3.80. The van der Waals surface area contributed by atoms with E-state index in [0.29, 0.717) is 5.56 Å². The second kappa shape index (κ2) is 4.30. The predicted octanol–water partition coefficient (Wildman–Crippen LogP) is 1.55. The lowest BCUT2D eigenvalue weighted by molar-refractivity contribution is -0.274. The molecule has 0 aliphatic heterocycles. The topological polar surface area (TPSA) is 47.3 Å². The number of para-hydroxylation sites is 1. The maximum atomic E-state index is 11.9. The molecule has 0 amide bonds. The molecule has 0 spiro atoms. The number of halogens is 3. The van der Waals surface area contributed by atoms with E-state index in [9.17, 15) is 13.2 Å². The third-order valence-corrected chi connectivity index (χ3v) is 1.49. The van der Waals surface area contributed by atoms with Crippen LogP contribution in [-0.4, -0.2) is 6.36 Å². The van der Waals surface area contributed by atoms with Crippen LogP contribution in [0.25, 0.3) is 0 Å². The maximum absolute atomic E-state index is 11.9. The molecule has 0 aromatic heterocycles. The molecular weight excluding hydrogens is 197 g/mol. The van der Waals surface area contributed by atoms with Gasteiger partial charge in [-0.05, 0) is 6.07 Å². The number of hydrazine groups is 1. The fourth-order valence-electron chi connectivity index (χ4n) is 0.984. The first-order chi connectivity index (χ1) is 6.53. The van der Waals surface area contributed by atoms with Crippen molar-refractivity contribution in [3.63, 3.8) is 0 Å². The highest BCUT2D eigenvalue weighted by atomic mass is 19.4. The van der Waals surface area contributed by atoms with Gasteiger partial charge in [-0.15, -0.1) is 13.2 Å². The van der Waals surface area contributed by atoms with Crippen LogP contribution in [0.5, 0.6) is 5.75 Å². The van der Waals surface area contributed by atoms with E-state index in [-0.39, 0.29) is 12.3 Å². The van der Waals surface area contributed by atoms with Gasteiger partial charge in [0.1, 0.15) is 5.75 Å². The van der Waals surface area contributed by atoms with Crippen LogP contribution in [0.2, 0.25) is 0 Å². The third-order valence-electron chi connectivity index (χ3n) is 1.49. The standard InChI is InChI=1S/C8H9F3N2O/c9-8(10,11)14-7-4-2-1-3-6(7)5-13-12/h1-4,13H,5,12H2. The van der Waals surface area contributed by atoms with Crippen molar-refractivity contribution in [3.8, 4) is 5.75 Å². The van der Waals surface area contributed by atoms with Gasteiger partial charge in [0.2, 0.25) is 0 Å². The Morgan fingerprint density at radius 2 is 1.93 bits per heavy atom. The summed E-state index contributed by atoms with van der Waals surface area (Å²) in [6.45, 7) is 0.117. The van der Waals surface area contributed by atoms with Gasteiger partial charge in [0, 0.05) is 12.1 Å². The van der Waals surface area contributed by atoms with E-state index in [1.54, 1.807) is 6.07 Å². The molecule has 1 aromatic carbocycles. The molecule has 3 N–H and O–H groups in total. The van der Waals surface area contributed by atoms with Gasteiger partial charge in [-0.2, -0.15) is 0 Å². The number of hydrogen-bond donors (Lipinski definition) is 2. The summed E-state index contributed by atoms with van der Waals surface area (Å²) in [5.41, 5.74) is 2.62. The number of nitrogens with one attached hydrogen (secondary N) is 1. The zero-order chi connectivity index (χ0) is 10.6. The summed E-state index contributed by atoms with van der Waals surface area (Å²) in [5, 5.41) is 0. The van der Waals surface area contributed by atoms with E-state index in [1.165, 1.54) is 18.2 Å². The van der Waals surface area contributed by atoms with Crippen molar-refractivity contribution < 1.29 is 17.9 Å². The van der Waals surface area contributed by atoms with Crippen molar-refractivity contribution in [2.24, 2.45) is 5.84 Å². The first kappa shape index (κ1) is 10.8. The van der Waals surface area contributed by atoms with Crippen molar-refractivity contribution in [2.45, 2.75) is 12.9 Å². The van der Waals surface area contributed by atoms with E-state index in [1.807, 2.05) is 0 Å². The lowest BCUT2D eigenvalue weighted by Gasteiger charge is -2.12. The third kappa shape index (κ3) is 3.23. The van der Waals surface area contributed by atoms with Crippen LogP contribution >= 0.6 is 0 Å². The molecule has 0 atom stereocenters. The van der Waals surface area contributed by atoms with Gasteiger partial charge >= 0.3 is 6.36 Å². The zero-order valence-corrected chi connectivity index (χ0v) is 7.14.